The number of rotatable bonds is 7. The predicted octanol–water partition coefficient (Wildman–Crippen LogP) is 6.33. The molecule has 7 heteroatoms. The molecule has 0 unspecified atom stereocenters. The fourth-order valence-electron chi connectivity index (χ4n) is 4.90. The molecule has 0 atom stereocenters. The highest BCUT2D eigenvalue weighted by Gasteiger charge is 2.24. The highest BCUT2D eigenvalue weighted by molar-refractivity contribution is 5.75. The first-order chi connectivity index (χ1) is 18.1. The third-order valence-electron chi connectivity index (χ3n) is 7.15. The van der Waals surface area contributed by atoms with Gasteiger partial charge in [0.2, 0.25) is 0 Å². The van der Waals surface area contributed by atoms with Crippen LogP contribution in [0.3, 0.4) is 0 Å². The van der Waals surface area contributed by atoms with E-state index in [4.69, 9.17) is 0 Å². The lowest BCUT2D eigenvalue weighted by atomic mass is 9.83. The van der Waals surface area contributed by atoms with E-state index in [9.17, 15) is 5.26 Å². The fourth-order valence-corrected chi connectivity index (χ4v) is 4.90. The number of anilines is 1. The molecule has 0 amide bonds. The molecule has 1 aliphatic rings. The molecular weight excluding hydrogens is 475 g/mol. The molecule has 38 heavy (non-hydrogen) atoms. The van der Waals surface area contributed by atoms with E-state index in [1.807, 2.05) is 59.0 Å². The summed E-state index contributed by atoms with van der Waals surface area (Å²) in [5.41, 5.74) is 7.59. The van der Waals surface area contributed by atoms with Gasteiger partial charge in [-0.2, -0.15) is 5.26 Å². The Morgan fingerprint density at radius 2 is 2.00 bits per heavy atom. The number of hydrogen-bond donors (Lipinski definition) is 1. The van der Waals surface area contributed by atoms with Gasteiger partial charge < -0.3 is 5.32 Å². The van der Waals surface area contributed by atoms with Gasteiger partial charge >= 0.3 is 0 Å². The Kier molecular flexibility index (Phi) is 8.03. The van der Waals surface area contributed by atoms with E-state index >= 15 is 4.39 Å². The summed E-state index contributed by atoms with van der Waals surface area (Å²) in [5, 5.41) is 21.1. The lowest BCUT2D eigenvalue weighted by Crippen LogP contribution is -2.30. The molecule has 196 valence electrons. The Balaban J connectivity index is 1.51. The summed E-state index contributed by atoms with van der Waals surface area (Å²) < 4.78 is 15.2. The summed E-state index contributed by atoms with van der Waals surface area (Å²) in [7, 11) is 1.82. The second kappa shape index (κ2) is 11.2. The van der Waals surface area contributed by atoms with Crippen molar-refractivity contribution in [3.8, 4) is 17.3 Å². The highest BCUT2D eigenvalue weighted by atomic mass is 19.1. The number of halogens is 1. The zero-order valence-electron chi connectivity index (χ0n) is 23.1. The van der Waals surface area contributed by atoms with E-state index in [2.05, 4.69) is 50.5 Å². The third-order valence-corrected chi connectivity index (χ3v) is 7.15. The molecule has 1 N–H and O–H groups in total. The van der Waals surface area contributed by atoms with Crippen LogP contribution in [0.25, 0.3) is 22.9 Å². The number of aryl methyl sites for hydroxylation is 2. The van der Waals surface area contributed by atoms with Crippen molar-refractivity contribution in [3.05, 3.63) is 81.9 Å². The van der Waals surface area contributed by atoms with E-state index in [0.29, 0.717) is 11.1 Å². The van der Waals surface area contributed by atoms with E-state index in [-0.39, 0.29) is 5.82 Å². The van der Waals surface area contributed by atoms with Crippen LogP contribution < -0.4 is 5.32 Å². The molecule has 0 aliphatic carbocycles. The molecule has 0 saturated carbocycles. The van der Waals surface area contributed by atoms with Crippen LogP contribution in [0.4, 0.5) is 10.2 Å². The molecule has 3 heterocycles. The SMILES string of the molecule is CNc1ccc(-c2ccnc(C)c2/C=C(\C)CN2CC=C(c3c(C)cc(C(C)(C)C#N)cc3F)CC2)nn1. The average molecular weight is 511 g/mol. The molecule has 4 rings (SSSR count). The zero-order valence-corrected chi connectivity index (χ0v) is 23.1. The minimum absolute atomic E-state index is 0.246. The Bertz CT molecular complexity index is 1410. The fraction of sp³-hybridized carbons (Fsp3) is 0.355. The van der Waals surface area contributed by atoms with Crippen LogP contribution in [0.15, 0.2) is 48.2 Å². The van der Waals surface area contributed by atoms with Gasteiger partial charge in [0.15, 0.2) is 0 Å². The first kappa shape index (κ1) is 27.2. The summed E-state index contributed by atoms with van der Waals surface area (Å²) in [6.45, 7) is 12.1. The van der Waals surface area contributed by atoms with Crippen molar-refractivity contribution in [2.24, 2.45) is 0 Å². The van der Waals surface area contributed by atoms with Crippen molar-refractivity contribution >= 4 is 17.5 Å². The number of benzene rings is 1. The number of nitriles is 1. The van der Waals surface area contributed by atoms with Crippen molar-refractivity contribution in [1.82, 2.24) is 20.1 Å². The molecule has 6 nitrogen and oxygen atoms in total. The van der Waals surface area contributed by atoms with Crippen molar-refractivity contribution in [2.45, 2.75) is 46.5 Å². The largest absolute Gasteiger partial charge is 0.372 e. The van der Waals surface area contributed by atoms with Gasteiger partial charge in [-0.25, -0.2) is 4.39 Å². The van der Waals surface area contributed by atoms with Crippen molar-refractivity contribution < 1.29 is 4.39 Å². The minimum Gasteiger partial charge on any atom is -0.372 e. The molecule has 1 aromatic carbocycles. The Morgan fingerprint density at radius 3 is 2.61 bits per heavy atom. The molecule has 0 fully saturated rings. The van der Waals surface area contributed by atoms with Crippen LogP contribution in [0.5, 0.6) is 0 Å². The highest BCUT2D eigenvalue weighted by Crippen LogP contribution is 2.33. The average Bonchev–Trinajstić information content (AvgIpc) is 2.90. The standard InChI is InChI=1S/C31H35FN6/c1-20(15-26-22(3)35-12-9-25(26)28-7-8-29(34-6)37-36-28)18-38-13-10-23(11-14-38)30-21(2)16-24(17-27(30)32)31(4,5)19-33/h7-10,12,15-17H,11,13-14,18H2,1-6H3,(H,34,37)/b20-15+. The van der Waals surface area contributed by atoms with E-state index in [1.54, 1.807) is 6.20 Å². The van der Waals surface area contributed by atoms with Crippen molar-refractivity contribution in [1.29, 1.82) is 5.26 Å². The zero-order chi connectivity index (χ0) is 27.4. The number of pyridine rings is 1. The number of nitrogens with one attached hydrogen (secondary N) is 1. The maximum absolute atomic E-state index is 15.2. The quantitative estimate of drug-likeness (QED) is 0.400. The Labute approximate surface area is 224 Å². The second-order valence-corrected chi connectivity index (χ2v) is 10.5. The molecule has 0 radical (unpaired) electrons. The van der Waals surface area contributed by atoms with Gasteiger partial charge in [0.1, 0.15) is 11.6 Å². The topological polar surface area (TPSA) is 77.7 Å². The lowest BCUT2D eigenvalue weighted by Gasteiger charge is -2.28. The maximum atomic E-state index is 15.2. The normalized spacial score (nSPS) is 14.7. The molecular formula is C31H35FN6. The van der Waals surface area contributed by atoms with Gasteiger partial charge in [0.05, 0.1) is 17.2 Å². The van der Waals surface area contributed by atoms with Gasteiger partial charge in [0.25, 0.3) is 0 Å². The van der Waals surface area contributed by atoms with Crippen molar-refractivity contribution in [2.75, 3.05) is 32.0 Å². The smallest absolute Gasteiger partial charge is 0.148 e. The summed E-state index contributed by atoms with van der Waals surface area (Å²) in [6.07, 6.45) is 6.90. The monoisotopic (exact) mass is 510 g/mol. The minimum atomic E-state index is -0.721. The summed E-state index contributed by atoms with van der Waals surface area (Å²) >= 11 is 0. The van der Waals surface area contributed by atoms with E-state index < -0.39 is 5.41 Å². The third kappa shape index (κ3) is 5.81. The van der Waals surface area contributed by atoms with Gasteiger partial charge in [-0.1, -0.05) is 23.8 Å². The molecule has 0 bridgehead atoms. The summed E-state index contributed by atoms with van der Waals surface area (Å²) in [5.74, 6) is 0.479. The second-order valence-electron chi connectivity index (χ2n) is 10.5. The maximum Gasteiger partial charge on any atom is 0.148 e. The van der Waals surface area contributed by atoms with Crippen LogP contribution >= 0.6 is 0 Å². The first-order valence-corrected chi connectivity index (χ1v) is 12.9. The number of aromatic nitrogens is 3. The Hall–Kier alpha value is -3.89. The molecule has 3 aromatic rings. The van der Waals surface area contributed by atoms with Crippen molar-refractivity contribution in [3.63, 3.8) is 0 Å². The summed E-state index contributed by atoms with van der Waals surface area (Å²) in [4.78, 5) is 6.87. The molecule has 2 aromatic heterocycles. The van der Waals surface area contributed by atoms with E-state index in [1.165, 1.54) is 11.6 Å². The van der Waals surface area contributed by atoms with Gasteiger partial charge in [-0.15, -0.1) is 10.2 Å². The van der Waals surface area contributed by atoms with Gasteiger partial charge in [0, 0.05) is 55.3 Å². The van der Waals surface area contributed by atoms with Crippen LogP contribution in [0, 0.1) is 31.0 Å². The van der Waals surface area contributed by atoms with Crippen LogP contribution in [-0.4, -0.2) is 46.8 Å². The number of nitrogens with zero attached hydrogens (tertiary/aromatic N) is 5. The van der Waals surface area contributed by atoms with Crippen LogP contribution in [-0.2, 0) is 5.41 Å². The molecule has 0 spiro atoms. The first-order valence-electron chi connectivity index (χ1n) is 12.9. The lowest BCUT2D eigenvalue weighted by molar-refractivity contribution is 0.327. The van der Waals surface area contributed by atoms with E-state index in [0.717, 1.165) is 65.5 Å². The summed E-state index contributed by atoms with van der Waals surface area (Å²) in [6, 6.07) is 11.6. The van der Waals surface area contributed by atoms with Gasteiger partial charge in [-0.3, -0.25) is 9.88 Å². The van der Waals surface area contributed by atoms with Crippen LogP contribution in [0.2, 0.25) is 0 Å². The Morgan fingerprint density at radius 1 is 1.21 bits per heavy atom. The number of hydrogen-bond acceptors (Lipinski definition) is 6. The van der Waals surface area contributed by atoms with Crippen LogP contribution in [0.1, 0.15) is 55.1 Å². The molecule has 0 saturated heterocycles. The molecule has 1 aliphatic heterocycles. The van der Waals surface area contributed by atoms with Gasteiger partial charge in [-0.05, 0) is 82.0 Å². The predicted molar refractivity (Wildman–Crippen MR) is 152 cm³/mol.